The van der Waals surface area contributed by atoms with Crippen LogP contribution in [0.25, 0.3) is 0 Å². The Morgan fingerprint density at radius 1 is 0.829 bits per heavy atom. The molecular weight excluding hydrogens is 534 g/mol. The van der Waals surface area contributed by atoms with Gasteiger partial charge < -0.3 is 34.5 Å². The molecule has 0 aromatic heterocycles. The Bertz CT molecular complexity index is 980. The molecule has 232 valence electrons. The minimum absolute atomic E-state index is 0.0920. The number of esters is 1. The van der Waals surface area contributed by atoms with Gasteiger partial charge in [-0.3, -0.25) is 9.59 Å². The number of carboxylic acid groups (broad SMARTS) is 1. The second kappa shape index (κ2) is 18.9. The molecule has 4 atom stereocenters. The van der Waals surface area contributed by atoms with Crippen LogP contribution in [0.2, 0.25) is 0 Å². The molecular formula is C30H47NO10. The summed E-state index contributed by atoms with van der Waals surface area (Å²) in [6.45, 7) is 11.5. The highest BCUT2D eigenvalue weighted by molar-refractivity contribution is 5.75. The van der Waals surface area contributed by atoms with Crippen molar-refractivity contribution in [3.05, 3.63) is 23.8 Å². The van der Waals surface area contributed by atoms with Crippen molar-refractivity contribution in [3.63, 3.8) is 0 Å². The first-order valence-corrected chi connectivity index (χ1v) is 14.4. The predicted octanol–water partition coefficient (Wildman–Crippen LogP) is 6.21. The van der Waals surface area contributed by atoms with E-state index in [1.807, 2.05) is 27.7 Å². The number of rotatable bonds is 18. The van der Waals surface area contributed by atoms with Gasteiger partial charge in [0, 0.05) is 18.3 Å². The van der Waals surface area contributed by atoms with Crippen LogP contribution in [0.5, 0.6) is 11.5 Å². The topological polar surface area (TPSA) is 161 Å². The number of aliphatic carboxylic acids is 1. The summed E-state index contributed by atoms with van der Waals surface area (Å²) in [6.07, 6.45) is 2.51. The molecule has 0 fully saturated rings. The van der Waals surface area contributed by atoms with E-state index in [0.29, 0.717) is 18.4 Å². The van der Waals surface area contributed by atoms with E-state index in [9.17, 15) is 24.3 Å². The molecule has 1 aromatic rings. The Morgan fingerprint density at radius 2 is 1.37 bits per heavy atom. The molecule has 0 spiro atoms. The fraction of sp³-hybridized carbons (Fsp3) is 0.667. The molecule has 41 heavy (non-hydrogen) atoms. The molecule has 0 aliphatic rings. The lowest BCUT2D eigenvalue weighted by molar-refractivity contribution is -0.152. The minimum atomic E-state index is -1.39. The van der Waals surface area contributed by atoms with Crippen molar-refractivity contribution in [1.29, 1.82) is 0 Å². The van der Waals surface area contributed by atoms with E-state index in [0.717, 1.165) is 25.7 Å². The summed E-state index contributed by atoms with van der Waals surface area (Å²) in [5.41, 5.74) is 6.48. The summed E-state index contributed by atoms with van der Waals surface area (Å²) < 4.78 is 26.5. The van der Waals surface area contributed by atoms with Crippen molar-refractivity contribution in [3.8, 4) is 11.5 Å². The van der Waals surface area contributed by atoms with Crippen LogP contribution < -0.4 is 15.2 Å². The molecule has 0 aliphatic heterocycles. The fourth-order valence-electron chi connectivity index (χ4n) is 4.13. The highest BCUT2D eigenvalue weighted by atomic mass is 16.7. The molecule has 0 radical (unpaired) electrons. The highest BCUT2D eigenvalue weighted by Crippen LogP contribution is 2.37. The smallest absolute Gasteiger partial charge is 0.480 e. The molecule has 1 rings (SSSR count). The Hall–Kier alpha value is -3.34. The SMILES string of the molecule is CCCCCOC(=O)Oc1ccc(C(C(C)C(C)OC(=O)CC(C)C)[C@H](N)C(=O)O)cc1OC(=O)OCCCCC. The largest absolute Gasteiger partial charge is 0.513 e. The molecule has 3 unspecified atom stereocenters. The molecule has 11 nitrogen and oxygen atoms in total. The third-order valence-electron chi connectivity index (χ3n) is 6.55. The van der Waals surface area contributed by atoms with Gasteiger partial charge in [0.2, 0.25) is 0 Å². The van der Waals surface area contributed by atoms with Gasteiger partial charge in [-0.1, -0.05) is 66.4 Å². The van der Waals surface area contributed by atoms with Crippen molar-refractivity contribution in [1.82, 2.24) is 0 Å². The van der Waals surface area contributed by atoms with Gasteiger partial charge in [-0.05, 0) is 43.4 Å². The number of hydrogen-bond acceptors (Lipinski definition) is 10. The van der Waals surface area contributed by atoms with E-state index in [2.05, 4.69) is 0 Å². The summed E-state index contributed by atoms with van der Waals surface area (Å²) in [7, 11) is 0. The quantitative estimate of drug-likeness (QED) is 0.0878. The number of hydrogen-bond donors (Lipinski definition) is 2. The van der Waals surface area contributed by atoms with Crippen molar-refractivity contribution in [2.75, 3.05) is 13.2 Å². The molecule has 11 heteroatoms. The van der Waals surface area contributed by atoms with Crippen LogP contribution in [-0.2, 0) is 23.8 Å². The number of carbonyl (C=O) groups is 4. The van der Waals surface area contributed by atoms with E-state index in [1.165, 1.54) is 18.2 Å². The molecule has 0 bridgehead atoms. The number of ether oxygens (including phenoxy) is 5. The highest BCUT2D eigenvalue weighted by Gasteiger charge is 2.36. The second-order valence-electron chi connectivity index (χ2n) is 10.6. The zero-order chi connectivity index (χ0) is 30.9. The molecule has 0 heterocycles. The molecule has 0 amide bonds. The zero-order valence-corrected chi connectivity index (χ0v) is 25.2. The first kappa shape index (κ1) is 35.7. The minimum Gasteiger partial charge on any atom is -0.480 e. The Kier molecular flexibility index (Phi) is 16.5. The predicted molar refractivity (Wildman–Crippen MR) is 152 cm³/mol. The van der Waals surface area contributed by atoms with Crippen LogP contribution in [-0.4, -0.2) is 54.7 Å². The molecule has 1 aromatic carbocycles. The Balaban J connectivity index is 3.32. The van der Waals surface area contributed by atoms with Crippen LogP contribution >= 0.6 is 0 Å². The Labute approximate surface area is 243 Å². The summed E-state index contributed by atoms with van der Waals surface area (Å²) in [5, 5.41) is 9.77. The monoisotopic (exact) mass is 581 g/mol. The third kappa shape index (κ3) is 13.2. The second-order valence-corrected chi connectivity index (χ2v) is 10.6. The number of nitrogens with two attached hydrogens (primary N) is 1. The van der Waals surface area contributed by atoms with Crippen LogP contribution in [0.3, 0.4) is 0 Å². The lowest BCUT2D eigenvalue weighted by Gasteiger charge is -2.32. The van der Waals surface area contributed by atoms with Gasteiger partial charge in [0.1, 0.15) is 12.1 Å². The van der Waals surface area contributed by atoms with Crippen molar-refractivity contribution < 1.29 is 48.0 Å². The van der Waals surface area contributed by atoms with E-state index < -0.39 is 48.2 Å². The lowest BCUT2D eigenvalue weighted by atomic mass is 9.79. The Morgan fingerprint density at radius 3 is 1.85 bits per heavy atom. The number of carboxylic acids is 1. The van der Waals surface area contributed by atoms with Gasteiger partial charge in [0.25, 0.3) is 0 Å². The van der Waals surface area contributed by atoms with E-state index >= 15 is 0 Å². The van der Waals surface area contributed by atoms with E-state index in [4.69, 9.17) is 29.4 Å². The van der Waals surface area contributed by atoms with Crippen molar-refractivity contribution in [2.24, 2.45) is 17.6 Å². The standard InChI is InChI=1S/C30H47NO10/c1-7-9-11-15-37-29(35)40-23-14-13-22(18-24(23)41-30(36)38-16-12-10-8-2)26(27(31)28(33)34)20(5)21(6)39-25(32)17-19(3)4/h13-14,18-21,26-27H,7-12,15-17,31H2,1-6H3,(H,33,34)/t20?,21?,26?,27-/m0/s1. The number of benzene rings is 1. The number of unbranched alkanes of at least 4 members (excludes halogenated alkanes) is 4. The molecule has 3 N–H and O–H groups in total. The fourth-order valence-corrected chi connectivity index (χ4v) is 4.13. The maximum absolute atomic E-state index is 12.4. The molecule has 0 saturated heterocycles. The average molecular weight is 582 g/mol. The first-order valence-electron chi connectivity index (χ1n) is 14.4. The van der Waals surface area contributed by atoms with Gasteiger partial charge in [0.05, 0.1) is 13.2 Å². The maximum Gasteiger partial charge on any atom is 0.513 e. The van der Waals surface area contributed by atoms with E-state index in [-0.39, 0.29) is 37.1 Å². The number of carbonyl (C=O) groups excluding carboxylic acids is 3. The van der Waals surface area contributed by atoms with Crippen LogP contribution in [0.1, 0.15) is 98.0 Å². The van der Waals surface area contributed by atoms with Gasteiger partial charge in [-0.25, -0.2) is 9.59 Å². The van der Waals surface area contributed by atoms with Gasteiger partial charge in [0.15, 0.2) is 11.5 Å². The van der Waals surface area contributed by atoms with Gasteiger partial charge >= 0.3 is 24.2 Å². The zero-order valence-electron chi connectivity index (χ0n) is 25.2. The molecule has 0 aliphatic carbocycles. The van der Waals surface area contributed by atoms with Crippen molar-refractivity contribution in [2.45, 2.75) is 105 Å². The van der Waals surface area contributed by atoms with Crippen LogP contribution in [0, 0.1) is 11.8 Å². The first-order chi connectivity index (χ1) is 19.4. The summed E-state index contributed by atoms with van der Waals surface area (Å²) in [6, 6.07) is 2.87. The summed E-state index contributed by atoms with van der Waals surface area (Å²) >= 11 is 0. The van der Waals surface area contributed by atoms with Gasteiger partial charge in [-0.15, -0.1) is 0 Å². The lowest BCUT2D eigenvalue weighted by Crippen LogP contribution is -2.42. The van der Waals surface area contributed by atoms with E-state index in [1.54, 1.807) is 13.8 Å². The maximum atomic E-state index is 12.4. The summed E-state index contributed by atoms with van der Waals surface area (Å²) in [5.74, 6) is -3.29. The van der Waals surface area contributed by atoms with Crippen molar-refractivity contribution >= 4 is 24.2 Å². The average Bonchev–Trinajstić information content (AvgIpc) is 2.89. The summed E-state index contributed by atoms with van der Waals surface area (Å²) in [4.78, 5) is 49.0. The van der Waals surface area contributed by atoms with Crippen LogP contribution in [0.4, 0.5) is 9.59 Å². The van der Waals surface area contributed by atoms with Gasteiger partial charge in [-0.2, -0.15) is 0 Å². The molecule has 0 saturated carbocycles. The van der Waals surface area contributed by atoms with Crippen LogP contribution in [0.15, 0.2) is 18.2 Å². The third-order valence-corrected chi connectivity index (χ3v) is 6.55. The normalized spacial score (nSPS) is 14.0.